The molecule has 0 bridgehead atoms. The van der Waals surface area contributed by atoms with Gasteiger partial charge in [-0.15, -0.1) is 0 Å². The Morgan fingerprint density at radius 3 is 2.93 bits per heavy atom. The third-order valence-electron chi connectivity index (χ3n) is 2.80. The first-order valence-corrected chi connectivity index (χ1v) is 5.78. The van der Waals surface area contributed by atoms with E-state index in [1.165, 1.54) is 6.42 Å². The fourth-order valence-electron chi connectivity index (χ4n) is 1.72. The summed E-state index contributed by atoms with van der Waals surface area (Å²) in [6.07, 6.45) is 4.03. The molecule has 1 heterocycles. The van der Waals surface area contributed by atoms with Crippen LogP contribution >= 0.6 is 0 Å². The summed E-state index contributed by atoms with van der Waals surface area (Å²) in [7, 11) is 1.66. The van der Waals surface area contributed by atoms with E-state index in [0.717, 1.165) is 19.4 Å². The smallest absolute Gasteiger partial charge is 0.219 e. The summed E-state index contributed by atoms with van der Waals surface area (Å²) >= 11 is 0. The summed E-state index contributed by atoms with van der Waals surface area (Å²) in [6, 6.07) is 0.621. The van der Waals surface area contributed by atoms with E-state index in [1.54, 1.807) is 7.05 Å². The van der Waals surface area contributed by atoms with Crippen LogP contribution in [-0.4, -0.2) is 38.3 Å². The zero-order valence-electron chi connectivity index (χ0n) is 9.71. The van der Waals surface area contributed by atoms with Crippen molar-refractivity contribution in [1.82, 2.24) is 10.6 Å². The van der Waals surface area contributed by atoms with E-state index < -0.39 is 0 Å². The molecular formula is C11H22N2O2. The van der Waals surface area contributed by atoms with Crippen LogP contribution in [0.25, 0.3) is 0 Å². The van der Waals surface area contributed by atoms with Crippen molar-refractivity contribution >= 4 is 5.91 Å². The Bertz CT molecular complexity index is 189. The molecule has 4 nitrogen and oxygen atoms in total. The predicted octanol–water partition coefficient (Wildman–Crippen LogP) is 0.670. The molecule has 88 valence electrons. The maximum absolute atomic E-state index is 10.9. The largest absolute Gasteiger partial charge is 0.377 e. The molecule has 0 spiro atoms. The van der Waals surface area contributed by atoms with Crippen molar-refractivity contribution in [2.75, 3.05) is 20.2 Å². The van der Waals surface area contributed by atoms with Gasteiger partial charge in [0.15, 0.2) is 0 Å². The number of ether oxygens (including phenoxy) is 1. The molecule has 1 amide bonds. The van der Waals surface area contributed by atoms with Crippen LogP contribution in [0.5, 0.6) is 0 Å². The summed E-state index contributed by atoms with van der Waals surface area (Å²) in [4.78, 5) is 10.9. The Morgan fingerprint density at radius 1 is 1.53 bits per heavy atom. The van der Waals surface area contributed by atoms with Crippen molar-refractivity contribution in [2.45, 2.75) is 44.8 Å². The highest BCUT2D eigenvalue weighted by molar-refractivity contribution is 5.75. The summed E-state index contributed by atoms with van der Waals surface area (Å²) < 4.78 is 5.68. The second-order valence-corrected chi connectivity index (χ2v) is 4.16. The molecule has 1 aliphatic heterocycles. The van der Waals surface area contributed by atoms with Gasteiger partial charge in [0.25, 0.3) is 0 Å². The first kappa shape index (κ1) is 12.5. The van der Waals surface area contributed by atoms with Gasteiger partial charge in [-0.05, 0) is 26.2 Å². The number of piperidine rings is 1. The number of hydrogen-bond donors (Lipinski definition) is 2. The van der Waals surface area contributed by atoms with Crippen molar-refractivity contribution in [3.8, 4) is 0 Å². The Morgan fingerprint density at radius 2 is 2.33 bits per heavy atom. The van der Waals surface area contributed by atoms with Gasteiger partial charge in [-0.2, -0.15) is 0 Å². The van der Waals surface area contributed by atoms with E-state index in [1.807, 2.05) is 0 Å². The first-order valence-electron chi connectivity index (χ1n) is 5.78. The van der Waals surface area contributed by atoms with Crippen LogP contribution in [0, 0.1) is 0 Å². The van der Waals surface area contributed by atoms with Crippen LogP contribution in [-0.2, 0) is 9.53 Å². The molecule has 4 heteroatoms. The Hall–Kier alpha value is -0.610. The van der Waals surface area contributed by atoms with Gasteiger partial charge in [0.1, 0.15) is 0 Å². The minimum atomic E-state index is 0.0917. The van der Waals surface area contributed by atoms with Crippen molar-refractivity contribution in [1.29, 1.82) is 0 Å². The number of carbonyl (C=O) groups is 1. The minimum absolute atomic E-state index is 0.0917. The van der Waals surface area contributed by atoms with Crippen molar-refractivity contribution < 1.29 is 9.53 Å². The summed E-state index contributed by atoms with van der Waals surface area (Å²) in [5.41, 5.74) is 0. The Balaban J connectivity index is 1.98. The van der Waals surface area contributed by atoms with E-state index in [4.69, 9.17) is 4.74 Å². The van der Waals surface area contributed by atoms with E-state index in [0.29, 0.717) is 25.2 Å². The SMILES string of the molecule is CNC(=O)CCCOC1CCC(C)NC1. The Kier molecular flexibility index (Phi) is 5.65. The molecule has 0 aliphatic carbocycles. The van der Waals surface area contributed by atoms with E-state index in [2.05, 4.69) is 17.6 Å². The standard InChI is InChI=1S/C11H22N2O2/c1-9-5-6-10(8-13-9)15-7-3-4-11(14)12-2/h9-10,13H,3-8H2,1-2H3,(H,12,14). The van der Waals surface area contributed by atoms with E-state index in [9.17, 15) is 4.79 Å². The number of rotatable bonds is 5. The van der Waals surface area contributed by atoms with Crippen LogP contribution in [0.1, 0.15) is 32.6 Å². The average Bonchev–Trinajstić information content (AvgIpc) is 2.26. The molecule has 1 aliphatic rings. The van der Waals surface area contributed by atoms with Gasteiger partial charge < -0.3 is 15.4 Å². The second-order valence-electron chi connectivity index (χ2n) is 4.16. The molecule has 1 saturated heterocycles. The molecule has 15 heavy (non-hydrogen) atoms. The quantitative estimate of drug-likeness (QED) is 0.661. The van der Waals surface area contributed by atoms with Gasteiger partial charge >= 0.3 is 0 Å². The van der Waals surface area contributed by atoms with Gasteiger partial charge in [0.05, 0.1) is 6.10 Å². The molecule has 0 saturated carbocycles. The molecule has 1 fully saturated rings. The van der Waals surface area contributed by atoms with Crippen LogP contribution in [0.2, 0.25) is 0 Å². The van der Waals surface area contributed by atoms with Crippen molar-refractivity contribution in [3.63, 3.8) is 0 Å². The molecule has 0 aromatic carbocycles. The second kappa shape index (κ2) is 6.80. The first-order chi connectivity index (χ1) is 7.22. The number of carbonyl (C=O) groups excluding carboxylic acids is 1. The fraction of sp³-hybridized carbons (Fsp3) is 0.909. The highest BCUT2D eigenvalue weighted by Gasteiger charge is 2.17. The summed E-state index contributed by atoms with van der Waals surface area (Å²) in [5, 5.41) is 5.99. The van der Waals surface area contributed by atoms with E-state index >= 15 is 0 Å². The topological polar surface area (TPSA) is 50.4 Å². The zero-order chi connectivity index (χ0) is 11.1. The lowest BCUT2D eigenvalue weighted by atomic mass is 10.0. The predicted molar refractivity (Wildman–Crippen MR) is 59.7 cm³/mol. The lowest BCUT2D eigenvalue weighted by Gasteiger charge is -2.27. The van der Waals surface area contributed by atoms with Crippen LogP contribution in [0.4, 0.5) is 0 Å². The lowest BCUT2D eigenvalue weighted by molar-refractivity contribution is -0.121. The summed E-state index contributed by atoms with van der Waals surface area (Å²) in [6.45, 7) is 3.83. The van der Waals surface area contributed by atoms with Crippen LogP contribution < -0.4 is 10.6 Å². The van der Waals surface area contributed by atoms with Gasteiger partial charge in [-0.1, -0.05) is 0 Å². The lowest BCUT2D eigenvalue weighted by Crippen LogP contribution is -2.41. The number of amides is 1. The number of hydrogen-bond acceptors (Lipinski definition) is 3. The van der Waals surface area contributed by atoms with E-state index in [-0.39, 0.29) is 5.91 Å². The van der Waals surface area contributed by atoms with Crippen molar-refractivity contribution in [2.24, 2.45) is 0 Å². The number of nitrogens with one attached hydrogen (secondary N) is 2. The maximum atomic E-state index is 10.9. The molecule has 2 unspecified atom stereocenters. The van der Waals surface area contributed by atoms with Gasteiger partial charge in [-0.25, -0.2) is 0 Å². The van der Waals surface area contributed by atoms with Gasteiger partial charge in [-0.3, -0.25) is 4.79 Å². The van der Waals surface area contributed by atoms with Crippen LogP contribution in [0.3, 0.4) is 0 Å². The zero-order valence-corrected chi connectivity index (χ0v) is 9.71. The summed E-state index contributed by atoms with van der Waals surface area (Å²) in [5.74, 6) is 0.0917. The normalized spacial score (nSPS) is 26.3. The van der Waals surface area contributed by atoms with Gasteiger partial charge in [0.2, 0.25) is 5.91 Å². The molecule has 0 aromatic rings. The van der Waals surface area contributed by atoms with Crippen LogP contribution in [0.15, 0.2) is 0 Å². The monoisotopic (exact) mass is 214 g/mol. The van der Waals surface area contributed by atoms with Gasteiger partial charge in [0, 0.05) is 32.7 Å². The molecule has 0 aromatic heterocycles. The molecular weight excluding hydrogens is 192 g/mol. The molecule has 1 rings (SSSR count). The molecule has 0 radical (unpaired) electrons. The fourth-order valence-corrected chi connectivity index (χ4v) is 1.72. The molecule has 2 atom stereocenters. The minimum Gasteiger partial charge on any atom is -0.377 e. The molecule has 2 N–H and O–H groups in total. The third-order valence-corrected chi connectivity index (χ3v) is 2.80. The average molecular weight is 214 g/mol. The maximum Gasteiger partial charge on any atom is 0.219 e. The highest BCUT2D eigenvalue weighted by atomic mass is 16.5. The highest BCUT2D eigenvalue weighted by Crippen LogP contribution is 2.11. The Labute approximate surface area is 91.8 Å². The third kappa shape index (κ3) is 5.14. The van der Waals surface area contributed by atoms with Crippen molar-refractivity contribution in [3.05, 3.63) is 0 Å².